The standard InChI is InChI=1S/C15H21NO7/c1-8(17)16-5-4-10(18)14(19)13-11(22-2)6-9(15(20)21)7-12(13)23-3/h6-7,10,14,18-19H,4-5H2,1-3H3,(H,16,17)(H,20,21). The normalized spacial score (nSPS) is 13.1. The lowest BCUT2D eigenvalue weighted by Gasteiger charge is -2.23. The van der Waals surface area contributed by atoms with Gasteiger partial charge in [-0.3, -0.25) is 4.79 Å². The first kappa shape index (κ1) is 18.7. The van der Waals surface area contributed by atoms with Crippen LogP contribution in [0.3, 0.4) is 0 Å². The minimum absolute atomic E-state index is 0.0672. The predicted molar refractivity (Wildman–Crippen MR) is 80.8 cm³/mol. The van der Waals surface area contributed by atoms with E-state index in [0.717, 1.165) is 0 Å². The third-order valence-corrected chi connectivity index (χ3v) is 3.27. The Kier molecular flexibility index (Phi) is 6.80. The minimum atomic E-state index is -1.36. The molecular weight excluding hydrogens is 306 g/mol. The Morgan fingerprint density at radius 3 is 2.09 bits per heavy atom. The third-order valence-electron chi connectivity index (χ3n) is 3.27. The highest BCUT2D eigenvalue weighted by Gasteiger charge is 2.27. The first-order chi connectivity index (χ1) is 10.8. The number of carboxylic acids is 1. The van der Waals surface area contributed by atoms with Crippen molar-refractivity contribution in [2.45, 2.75) is 25.6 Å². The fourth-order valence-electron chi connectivity index (χ4n) is 2.10. The molecule has 1 aromatic rings. The molecule has 0 saturated heterocycles. The van der Waals surface area contributed by atoms with E-state index < -0.39 is 18.2 Å². The molecule has 0 heterocycles. The zero-order chi connectivity index (χ0) is 17.6. The molecule has 0 spiro atoms. The van der Waals surface area contributed by atoms with Crippen molar-refractivity contribution in [3.05, 3.63) is 23.3 Å². The summed E-state index contributed by atoms with van der Waals surface area (Å²) >= 11 is 0. The molecule has 0 aliphatic carbocycles. The van der Waals surface area contributed by atoms with E-state index in [1.807, 2.05) is 0 Å². The Labute approximate surface area is 133 Å². The summed E-state index contributed by atoms with van der Waals surface area (Å²) in [5, 5.41) is 32.0. The number of carbonyl (C=O) groups excluding carboxylic acids is 1. The molecule has 2 atom stereocenters. The van der Waals surface area contributed by atoms with Crippen molar-refractivity contribution in [3.8, 4) is 11.5 Å². The Bertz CT molecular complexity index is 548. The molecule has 8 heteroatoms. The Balaban J connectivity index is 3.08. The number of aliphatic hydroxyl groups excluding tert-OH is 2. The van der Waals surface area contributed by atoms with Gasteiger partial charge in [-0.05, 0) is 18.6 Å². The van der Waals surface area contributed by atoms with Crippen molar-refractivity contribution < 1.29 is 34.4 Å². The lowest BCUT2D eigenvalue weighted by atomic mass is 9.98. The summed E-state index contributed by atoms with van der Waals surface area (Å²) in [6, 6.07) is 2.48. The van der Waals surface area contributed by atoms with Gasteiger partial charge < -0.3 is 30.1 Å². The van der Waals surface area contributed by atoms with Gasteiger partial charge in [0.25, 0.3) is 0 Å². The monoisotopic (exact) mass is 327 g/mol. The van der Waals surface area contributed by atoms with E-state index in [1.165, 1.54) is 33.3 Å². The third kappa shape index (κ3) is 4.83. The van der Waals surface area contributed by atoms with Gasteiger partial charge in [0, 0.05) is 13.5 Å². The van der Waals surface area contributed by atoms with Gasteiger partial charge in [0.2, 0.25) is 5.91 Å². The van der Waals surface area contributed by atoms with Gasteiger partial charge >= 0.3 is 5.97 Å². The number of ether oxygens (including phenoxy) is 2. The number of hydrogen-bond donors (Lipinski definition) is 4. The van der Waals surface area contributed by atoms with Crippen LogP contribution in [0.4, 0.5) is 0 Å². The molecule has 23 heavy (non-hydrogen) atoms. The van der Waals surface area contributed by atoms with Crippen molar-refractivity contribution in [2.75, 3.05) is 20.8 Å². The number of methoxy groups -OCH3 is 2. The predicted octanol–water partition coefficient (Wildman–Crippen LogP) is 0.323. The number of carbonyl (C=O) groups is 2. The first-order valence-electron chi connectivity index (χ1n) is 6.91. The van der Waals surface area contributed by atoms with Crippen molar-refractivity contribution in [2.24, 2.45) is 0 Å². The maximum absolute atomic E-state index is 11.1. The summed E-state index contributed by atoms with van der Waals surface area (Å²) in [7, 11) is 2.64. The Hall–Kier alpha value is -2.32. The lowest BCUT2D eigenvalue weighted by Crippen LogP contribution is -2.28. The number of rotatable bonds is 8. The SMILES string of the molecule is COc1cc(C(=O)O)cc(OC)c1C(O)C(O)CCNC(C)=O. The van der Waals surface area contributed by atoms with Gasteiger partial charge in [-0.1, -0.05) is 0 Å². The molecule has 4 N–H and O–H groups in total. The van der Waals surface area contributed by atoms with Crippen molar-refractivity contribution in [3.63, 3.8) is 0 Å². The lowest BCUT2D eigenvalue weighted by molar-refractivity contribution is -0.119. The van der Waals surface area contributed by atoms with Crippen LogP contribution < -0.4 is 14.8 Å². The Morgan fingerprint density at radius 2 is 1.70 bits per heavy atom. The number of benzene rings is 1. The summed E-state index contributed by atoms with van der Waals surface area (Å²) in [4.78, 5) is 21.9. The van der Waals surface area contributed by atoms with E-state index in [2.05, 4.69) is 5.32 Å². The molecule has 128 valence electrons. The van der Waals surface area contributed by atoms with Crippen LogP contribution in [-0.4, -0.2) is 54.1 Å². The second-order valence-corrected chi connectivity index (χ2v) is 4.88. The fourth-order valence-corrected chi connectivity index (χ4v) is 2.10. The molecule has 2 unspecified atom stereocenters. The summed E-state index contributed by atoms with van der Waals surface area (Å²) in [6.07, 6.45) is -2.45. The molecule has 0 aliphatic rings. The van der Waals surface area contributed by atoms with Crippen LogP contribution in [0.15, 0.2) is 12.1 Å². The molecule has 0 aliphatic heterocycles. The smallest absolute Gasteiger partial charge is 0.335 e. The quantitative estimate of drug-likeness (QED) is 0.542. The maximum atomic E-state index is 11.1. The van der Waals surface area contributed by atoms with Crippen molar-refractivity contribution in [1.29, 1.82) is 0 Å². The molecule has 0 aromatic heterocycles. The number of carboxylic acid groups (broad SMARTS) is 1. The van der Waals surface area contributed by atoms with Crippen LogP contribution in [0.1, 0.15) is 35.4 Å². The van der Waals surface area contributed by atoms with Gasteiger partial charge in [0.05, 0.1) is 31.5 Å². The first-order valence-corrected chi connectivity index (χ1v) is 6.91. The minimum Gasteiger partial charge on any atom is -0.496 e. The second kappa shape index (κ2) is 8.35. The molecule has 0 bridgehead atoms. The molecule has 0 fully saturated rings. The zero-order valence-electron chi connectivity index (χ0n) is 13.2. The second-order valence-electron chi connectivity index (χ2n) is 4.88. The summed E-state index contributed by atoms with van der Waals surface area (Å²) in [5.74, 6) is -1.23. The molecule has 1 aromatic carbocycles. The van der Waals surface area contributed by atoms with Gasteiger partial charge in [0.15, 0.2) is 0 Å². The molecule has 1 rings (SSSR count). The van der Waals surface area contributed by atoms with Gasteiger partial charge in [-0.15, -0.1) is 0 Å². The highest BCUT2D eigenvalue weighted by atomic mass is 16.5. The largest absolute Gasteiger partial charge is 0.496 e. The van der Waals surface area contributed by atoms with E-state index in [4.69, 9.17) is 14.6 Å². The summed E-state index contributed by atoms with van der Waals surface area (Å²) < 4.78 is 10.2. The van der Waals surface area contributed by atoms with E-state index in [9.17, 15) is 19.8 Å². The van der Waals surface area contributed by atoms with Crippen LogP contribution in [0.2, 0.25) is 0 Å². The molecule has 8 nitrogen and oxygen atoms in total. The van der Waals surface area contributed by atoms with Crippen LogP contribution in [0.25, 0.3) is 0 Å². The highest BCUT2D eigenvalue weighted by Crippen LogP contribution is 2.37. The number of amides is 1. The van der Waals surface area contributed by atoms with Crippen LogP contribution in [0, 0.1) is 0 Å². The Morgan fingerprint density at radius 1 is 1.17 bits per heavy atom. The number of hydrogen-bond acceptors (Lipinski definition) is 6. The number of aliphatic hydroxyl groups is 2. The van der Waals surface area contributed by atoms with E-state index in [-0.39, 0.29) is 41.5 Å². The van der Waals surface area contributed by atoms with E-state index >= 15 is 0 Å². The average Bonchev–Trinajstić information content (AvgIpc) is 2.51. The summed E-state index contributed by atoms with van der Waals surface area (Å²) in [6.45, 7) is 1.53. The van der Waals surface area contributed by atoms with Gasteiger partial charge in [-0.25, -0.2) is 4.79 Å². The topological polar surface area (TPSA) is 125 Å². The highest BCUT2D eigenvalue weighted by molar-refractivity contribution is 5.89. The maximum Gasteiger partial charge on any atom is 0.335 e. The zero-order valence-corrected chi connectivity index (χ0v) is 13.2. The van der Waals surface area contributed by atoms with Crippen molar-refractivity contribution in [1.82, 2.24) is 5.32 Å². The fraction of sp³-hybridized carbons (Fsp3) is 0.467. The van der Waals surface area contributed by atoms with Crippen LogP contribution in [-0.2, 0) is 4.79 Å². The summed E-state index contributed by atoms with van der Waals surface area (Å²) in [5.41, 5.74) is 0.0812. The molecule has 0 saturated carbocycles. The van der Waals surface area contributed by atoms with Crippen LogP contribution in [0.5, 0.6) is 11.5 Å². The van der Waals surface area contributed by atoms with Gasteiger partial charge in [0.1, 0.15) is 17.6 Å². The van der Waals surface area contributed by atoms with Crippen LogP contribution >= 0.6 is 0 Å². The number of aromatic carboxylic acids is 1. The van der Waals surface area contributed by atoms with Gasteiger partial charge in [-0.2, -0.15) is 0 Å². The number of nitrogens with one attached hydrogen (secondary N) is 1. The van der Waals surface area contributed by atoms with E-state index in [1.54, 1.807) is 0 Å². The molecule has 0 radical (unpaired) electrons. The van der Waals surface area contributed by atoms with Crippen molar-refractivity contribution >= 4 is 11.9 Å². The molecular formula is C15H21NO7. The average molecular weight is 327 g/mol. The molecule has 1 amide bonds. The van der Waals surface area contributed by atoms with E-state index in [0.29, 0.717) is 0 Å².